The second-order valence-corrected chi connectivity index (χ2v) is 10.2. The molecule has 1 heterocycles. The maximum Gasteiger partial charge on any atom is 0.443 e. The van der Waals surface area contributed by atoms with Crippen LogP contribution in [0.5, 0.6) is 0 Å². The molecule has 0 radical (unpaired) electrons. The molecular weight excluding hydrogens is 414 g/mol. The van der Waals surface area contributed by atoms with Crippen molar-refractivity contribution in [2.75, 3.05) is 0 Å². The molecule has 0 bridgehead atoms. The lowest BCUT2D eigenvalue weighted by Crippen LogP contribution is -2.33. The molecule has 1 aliphatic carbocycles. The fourth-order valence-electron chi connectivity index (χ4n) is 2.77. The van der Waals surface area contributed by atoms with Crippen LogP contribution in [0, 0.1) is 11.8 Å². The fraction of sp³-hybridized carbons (Fsp3) is 0.750. The molecular formula is C16H20F6N2OS2. The monoisotopic (exact) mass is 434 g/mol. The van der Waals surface area contributed by atoms with Crippen LogP contribution in [0.3, 0.4) is 0 Å². The normalized spacial score (nSPS) is 24.1. The van der Waals surface area contributed by atoms with E-state index in [2.05, 4.69) is 9.38 Å². The molecule has 0 aliphatic heterocycles. The largest absolute Gasteiger partial charge is 0.591 e. The van der Waals surface area contributed by atoms with E-state index in [-0.39, 0.29) is 37.1 Å². The maximum atomic E-state index is 12.9. The van der Waals surface area contributed by atoms with Crippen molar-refractivity contribution in [1.82, 2.24) is 4.98 Å². The van der Waals surface area contributed by atoms with Gasteiger partial charge in [0.15, 0.2) is 5.01 Å². The highest BCUT2D eigenvalue weighted by Gasteiger charge is 2.43. The summed E-state index contributed by atoms with van der Waals surface area (Å²) in [5.74, 6) is -1.93. The van der Waals surface area contributed by atoms with Gasteiger partial charge in [-0.1, -0.05) is 4.40 Å². The van der Waals surface area contributed by atoms with Crippen LogP contribution in [-0.2, 0) is 17.5 Å². The quantitative estimate of drug-likeness (QED) is 0.344. The van der Waals surface area contributed by atoms with Gasteiger partial charge >= 0.3 is 12.4 Å². The molecule has 154 valence electrons. The van der Waals surface area contributed by atoms with Crippen molar-refractivity contribution in [3.05, 3.63) is 16.1 Å². The van der Waals surface area contributed by atoms with Gasteiger partial charge in [-0.15, -0.1) is 11.3 Å². The Bertz CT molecular complexity index is 670. The first kappa shape index (κ1) is 22.5. The highest BCUT2D eigenvalue weighted by atomic mass is 32.2. The predicted molar refractivity (Wildman–Crippen MR) is 93.1 cm³/mol. The van der Waals surface area contributed by atoms with Gasteiger partial charge in [-0.3, -0.25) is 0 Å². The van der Waals surface area contributed by atoms with Gasteiger partial charge in [0.25, 0.3) is 0 Å². The second kappa shape index (κ2) is 7.90. The van der Waals surface area contributed by atoms with E-state index in [1.807, 2.05) is 0 Å². The van der Waals surface area contributed by atoms with Crippen LogP contribution in [0.25, 0.3) is 0 Å². The summed E-state index contributed by atoms with van der Waals surface area (Å²) < 4.78 is 93.0. The average Bonchev–Trinajstić information content (AvgIpc) is 3.00. The third-order valence-electron chi connectivity index (χ3n) is 4.29. The zero-order chi connectivity index (χ0) is 20.6. The van der Waals surface area contributed by atoms with Gasteiger partial charge in [-0.25, -0.2) is 4.98 Å². The van der Waals surface area contributed by atoms with Crippen molar-refractivity contribution >= 4 is 28.4 Å². The molecule has 1 saturated carbocycles. The van der Waals surface area contributed by atoms with E-state index in [4.69, 9.17) is 0 Å². The lowest BCUT2D eigenvalue weighted by Gasteiger charge is -2.30. The number of hydrogen-bond donors (Lipinski definition) is 0. The van der Waals surface area contributed by atoms with Gasteiger partial charge in [-0.05, 0) is 46.5 Å². The number of aromatic nitrogens is 1. The van der Waals surface area contributed by atoms with Gasteiger partial charge < -0.3 is 4.55 Å². The van der Waals surface area contributed by atoms with Gasteiger partial charge in [-0.2, -0.15) is 26.3 Å². The van der Waals surface area contributed by atoms with Gasteiger partial charge in [0.1, 0.15) is 27.5 Å². The summed E-state index contributed by atoms with van der Waals surface area (Å²) in [6, 6.07) is 0. The number of rotatable bonds is 3. The third kappa shape index (κ3) is 5.83. The van der Waals surface area contributed by atoms with E-state index in [9.17, 15) is 30.9 Å². The van der Waals surface area contributed by atoms with Crippen molar-refractivity contribution in [3.8, 4) is 0 Å². The van der Waals surface area contributed by atoms with E-state index < -0.39 is 45.3 Å². The van der Waals surface area contributed by atoms with Crippen LogP contribution in [0.2, 0.25) is 0 Å². The first-order chi connectivity index (χ1) is 12.2. The summed E-state index contributed by atoms with van der Waals surface area (Å²) in [5.41, 5.74) is 0.0519. The molecule has 1 unspecified atom stereocenters. The van der Waals surface area contributed by atoms with Gasteiger partial charge in [0.2, 0.25) is 0 Å². The molecule has 0 saturated heterocycles. The summed E-state index contributed by atoms with van der Waals surface area (Å²) in [7, 11) is 0. The second-order valence-electron chi connectivity index (χ2n) is 7.46. The Morgan fingerprint density at radius 3 is 2.07 bits per heavy atom. The Kier molecular flexibility index (Phi) is 6.58. The minimum absolute atomic E-state index is 0.0552. The van der Waals surface area contributed by atoms with E-state index in [1.165, 1.54) is 5.38 Å². The molecule has 0 N–H and O–H groups in total. The minimum Gasteiger partial charge on any atom is -0.591 e. The van der Waals surface area contributed by atoms with Crippen LogP contribution >= 0.6 is 11.3 Å². The molecule has 11 heteroatoms. The lowest BCUT2D eigenvalue weighted by atomic mass is 9.79. The standard InChI is InChI=1S/C16H20F6N2OS2/c1-14(2,3)27(25)24-12(11-8-26-13(23-11)16(20,21)22)9-4-6-10(7-5-9)15(17,18)19/h8-10H,4-7H2,1-3H3. The molecule has 27 heavy (non-hydrogen) atoms. The molecule has 1 aromatic heterocycles. The molecule has 2 rings (SSSR count). The summed E-state index contributed by atoms with van der Waals surface area (Å²) in [6.45, 7) is 4.98. The molecule has 0 amide bonds. The van der Waals surface area contributed by atoms with Crippen molar-refractivity contribution in [2.45, 2.75) is 63.6 Å². The Balaban J connectivity index is 2.32. The molecule has 1 aliphatic rings. The third-order valence-corrected chi connectivity index (χ3v) is 6.59. The highest BCUT2D eigenvalue weighted by Crippen LogP contribution is 2.41. The van der Waals surface area contributed by atoms with E-state index in [1.54, 1.807) is 20.8 Å². The maximum absolute atomic E-state index is 12.9. The zero-order valence-corrected chi connectivity index (χ0v) is 16.6. The van der Waals surface area contributed by atoms with Crippen LogP contribution in [-0.4, -0.2) is 26.2 Å². The Hall–Kier alpha value is -0.810. The SMILES string of the molecule is CC(C)(C)[S+]([O-])N=C(c1csc(C(F)(F)F)n1)C1CCC(C(F)(F)F)CC1. The van der Waals surface area contributed by atoms with E-state index in [0.717, 1.165) is 0 Å². The Morgan fingerprint density at radius 1 is 1.11 bits per heavy atom. The number of alkyl halides is 6. The number of thiazole rings is 1. The van der Waals surface area contributed by atoms with Crippen LogP contribution in [0.4, 0.5) is 26.3 Å². The molecule has 0 spiro atoms. The van der Waals surface area contributed by atoms with Gasteiger partial charge in [0, 0.05) is 11.3 Å². The lowest BCUT2D eigenvalue weighted by molar-refractivity contribution is -0.182. The summed E-state index contributed by atoms with van der Waals surface area (Å²) >= 11 is -1.37. The average molecular weight is 434 g/mol. The fourth-order valence-corrected chi connectivity index (χ4v) is 4.15. The summed E-state index contributed by atoms with van der Waals surface area (Å²) in [5, 5.41) is 0.118. The van der Waals surface area contributed by atoms with E-state index in [0.29, 0.717) is 11.3 Å². The minimum atomic E-state index is -4.62. The van der Waals surface area contributed by atoms with Crippen LogP contribution in [0.15, 0.2) is 9.78 Å². The molecule has 3 nitrogen and oxygen atoms in total. The zero-order valence-electron chi connectivity index (χ0n) is 14.9. The molecule has 1 fully saturated rings. The Morgan fingerprint density at radius 2 is 1.67 bits per heavy atom. The summed E-state index contributed by atoms with van der Waals surface area (Å²) in [4.78, 5) is 3.57. The van der Waals surface area contributed by atoms with Crippen LogP contribution in [0.1, 0.15) is 57.2 Å². The topological polar surface area (TPSA) is 48.3 Å². The molecule has 1 aromatic rings. The van der Waals surface area contributed by atoms with Gasteiger partial charge in [0.05, 0.1) is 5.92 Å². The first-order valence-corrected chi connectivity index (χ1v) is 10.3. The molecule has 1 atom stereocenters. The number of hydrogen-bond acceptors (Lipinski definition) is 4. The first-order valence-electron chi connectivity index (χ1n) is 8.30. The number of halogens is 6. The van der Waals surface area contributed by atoms with Crippen molar-refractivity contribution in [1.29, 1.82) is 0 Å². The Labute approximate surface area is 160 Å². The van der Waals surface area contributed by atoms with E-state index >= 15 is 0 Å². The van der Waals surface area contributed by atoms with Crippen molar-refractivity contribution < 1.29 is 30.9 Å². The summed E-state index contributed by atoms with van der Waals surface area (Å²) in [6.07, 6.45) is -8.95. The van der Waals surface area contributed by atoms with Crippen molar-refractivity contribution in [2.24, 2.45) is 16.2 Å². The predicted octanol–water partition coefficient (Wildman–Crippen LogP) is 5.78. The smallest absolute Gasteiger partial charge is 0.443 e. The number of nitrogens with zero attached hydrogens (tertiary/aromatic N) is 2. The van der Waals surface area contributed by atoms with Crippen LogP contribution < -0.4 is 0 Å². The highest BCUT2D eigenvalue weighted by molar-refractivity contribution is 7.91. The molecule has 0 aromatic carbocycles. The van der Waals surface area contributed by atoms with Crippen molar-refractivity contribution in [3.63, 3.8) is 0 Å².